The molecule has 5 nitrogen and oxygen atoms in total. The summed E-state index contributed by atoms with van der Waals surface area (Å²) in [6.07, 6.45) is 0. The number of rotatable bonds is 4. The summed E-state index contributed by atoms with van der Waals surface area (Å²) in [5.41, 5.74) is -0.717. The van der Waals surface area contributed by atoms with Gasteiger partial charge >= 0.3 is 11.9 Å². The molecular weight excluding hydrogens is 258 g/mol. The monoisotopic (exact) mass is 269 g/mol. The molecular formula is C12H12ClNO4. The molecule has 2 rings (SSSR count). The molecule has 1 heterocycles. The van der Waals surface area contributed by atoms with Gasteiger partial charge in [0.25, 0.3) is 0 Å². The molecule has 1 aliphatic heterocycles. The van der Waals surface area contributed by atoms with Crippen molar-refractivity contribution >= 4 is 23.5 Å². The van der Waals surface area contributed by atoms with E-state index in [1.165, 1.54) is 0 Å². The molecule has 0 unspecified atom stereocenters. The summed E-state index contributed by atoms with van der Waals surface area (Å²) in [6.45, 7) is 0.539. The lowest BCUT2D eigenvalue weighted by Gasteiger charge is -2.44. The van der Waals surface area contributed by atoms with E-state index in [0.717, 1.165) is 5.56 Å². The van der Waals surface area contributed by atoms with E-state index in [1.807, 2.05) is 6.07 Å². The fourth-order valence-electron chi connectivity index (χ4n) is 2.08. The van der Waals surface area contributed by atoms with E-state index in [0.29, 0.717) is 11.6 Å². The number of hydrogen-bond acceptors (Lipinski definition) is 3. The Morgan fingerprint density at radius 2 is 1.89 bits per heavy atom. The number of carboxylic acids is 2. The van der Waals surface area contributed by atoms with Gasteiger partial charge < -0.3 is 10.2 Å². The summed E-state index contributed by atoms with van der Waals surface area (Å²) < 4.78 is 0. The van der Waals surface area contributed by atoms with E-state index in [1.54, 1.807) is 23.1 Å². The molecule has 0 bridgehead atoms. The zero-order valence-corrected chi connectivity index (χ0v) is 10.2. The molecule has 1 aromatic carbocycles. The van der Waals surface area contributed by atoms with Crippen LogP contribution in [-0.4, -0.2) is 40.1 Å². The molecule has 0 aromatic heterocycles. The minimum absolute atomic E-state index is 0.0180. The first kappa shape index (κ1) is 12.9. The number of hydrogen-bond donors (Lipinski definition) is 2. The lowest BCUT2D eigenvalue weighted by atomic mass is 9.79. The SMILES string of the molecule is O=C(O)C1(C(=O)O)CN(Cc2cccc(Cl)c2)C1. The van der Waals surface area contributed by atoms with E-state index in [-0.39, 0.29) is 13.1 Å². The van der Waals surface area contributed by atoms with Crippen LogP contribution in [0, 0.1) is 5.41 Å². The van der Waals surface area contributed by atoms with Gasteiger partial charge in [-0.2, -0.15) is 0 Å². The molecule has 1 fully saturated rings. The molecule has 18 heavy (non-hydrogen) atoms. The highest BCUT2D eigenvalue weighted by Gasteiger charge is 2.56. The van der Waals surface area contributed by atoms with Crippen LogP contribution in [0.3, 0.4) is 0 Å². The number of aliphatic carboxylic acids is 2. The first-order valence-corrected chi connectivity index (χ1v) is 5.75. The Hall–Kier alpha value is -1.59. The van der Waals surface area contributed by atoms with Gasteiger partial charge in [0.15, 0.2) is 5.41 Å². The Labute approximate surface area is 109 Å². The molecule has 2 N–H and O–H groups in total. The molecule has 6 heteroatoms. The lowest BCUT2D eigenvalue weighted by Crippen LogP contribution is -2.63. The van der Waals surface area contributed by atoms with Gasteiger partial charge in [0.2, 0.25) is 0 Å². The minimum atomic E-state index is -1.65. The molecule has 0 spiro atoms. The highest BCUT2D eigenvalue weighted by atomic mass is 35.5. The fraction of sp³-hybridized carbons (Fsp3) is 0.333. The van der Waals surface area contributed by atoms with Crippen molar-refractivity contribution in [2.45, 2.75) is 6.54 Å². The van der Waals surface area contributed by atoms with Crippen molar-refractivity contribution in [3.8, 4) is 0 Å². The summed E-state index contributed by atoms with van der Waals surface area (Å²) in [6, 6.07) is 7.20. The molecule has 0 amide bonds. The molecule has 0 radical (unpaired) electrons. The van der Waals surface area contributed by atoms with Gasteiger partial charge in [0, 0.05) is 24.7 Å². The van der Waals surface area contributed by atoms with Crippen LogP contribution in [0.25, 0.3) is 0 Å². The van der Waals surface area contributed by atoms with Crippen LogP contribution in [0.2, 0.25) is 5.02 Å². The third-order valence-corrected chi connectivity index (χ3v) is 3.34. The van der Waals surface area contributed by atoms with Crippen LogP contribution in [0.1, 0.15) is 5.56 Å². The van der Waals surface area contributed by atoms with Crippen molar-refractivity contribution in [1.82, 2.24) is 4.90 Å². The topological polar surface area (TPSA) is 77.8 Å². The van der Waals surface area contributed by atoms with Gasteiger partial charge in [-0.3, -0.25) is 14.5 Å². The highest BCUT2D eigenvalue weighted by Crippen LogP contribution is 2.32. The number of likely N-dealkylation sites (tertiary alicyclic amines) is 1. The van der Waals surface area contributed by atoms with Crippen molar-refractivity contribution in [3.05, 3.63) is 34.9 Å². The Bertz CT molecular complexity index is 481. The first-order chi connectivity index (χ1) is 8.44. The maximum Gasteiger partial charge on any atom is 0.323 e. The number of nitrogens with zero attached hydrogens (tertiary/aromatic N) is 1. The second kappa shape index (κ2) is 4.59. The van der Waals surface area contributed by atoms with Gasteiger partial charge in [0.05, 0.1) is 0 Å². The molecule has 1 saturated heterocycles. The third-order valence-electron chi connectivity index (χ3n) is 3.10. The van der Waals surface area contributed by atoms with Crippen LogP contribution in [0.15, 0.2) is 24.3 Å². The smallest absolute Gasteiger partial charge is 0.323 e. The van der Waals surface area contributed by atoms with Gasteiger partial charge in [-0.25, -0.2) is 0 Å². The van der Waals surface area contributed by atoms with Crippen LogP contribution in [0.4, 0.5) is 0 Å². The van der Waals surface area contributed by atoms with Crippen LogP contribution in [0.5, 0.6) is 0 Å². The van der Waals surface area contributed by atoms with Crippen LogP contribution in [-0.2, 0) is 16.1 Å². The normalized spacial score (nSPS) is 18.1. The van der Waals surface area contributed by atoms with Crippen molar-refractivity contribution < 1.29 is 19.8 Å². The van der Waals surface area contributed by atoms with E-state index in [2.05, 4.69) is 0 Å². The predicted octanol–water partition coefficient (Wildman–Crippen LogP) is 1.31. The fourth-order valence-corrected chi connectivity index (χ4v) is 2.30. The Morgan fingerprint density at radius 3 is 2.39 bits per heavy atom. The summed E-state index contributed by atoms with van der Waals surface area (Å²) in [7, 11) is 0. The quantitative estimate of drug-likeness (QED) is 0.806. The van der Waals surface area contributed by atoms with Gasteiger partial charge in [-0.15, -0.1) is 0 Å². The van der Waals surface area contributed by atoms with E-state index in [4.69, 9.17) is 21.8 Å². The second-order valence-corrected chi connectivity index (χ2v) is 4.90. The Balaban J connectivity index is 2.01. The first-order valence-electron chi connectivity index (χ1n) is 5.38. The summed E-state index contributed by atoms with van der Waals surface area (Å²) >= 11 is 5.84. The number of carboxylic acid groups (broad SMARTS) is 2. The summed E-state index contributed by atoms with van der Waals surface area (Å²) in [5, 5.41) is 18.5. The zero-order valence-electron chi connectivity index (χ0n) is 9.47. The van der Waals surface area contributed by atoms with E-state index in [9.17, 15) is 9.59 Å². The van der Waals surface area contributed by atoms with Gasteiger partial charge in [-0.1, -0.05) is 23.7 Å². The van der Waals surface area contributed by atoms with Crippen molar-refractivity contribution in [2.24, 2.45) is 5.41 Å². The van der Waals surface area contributed by atoms with Gasteiger partial charge in [0.1, 0.15) is 0 Å². The molecule has 0 aliphatic carbocycles. The average molecular weight is 270 g/mol. The van der Waals surface area contributed by atoms with E-state index < -0.39 is 17.4 Å². The molecule has 1 aliphatic rings. The lowest BCUT2D eigenvalue weighted by molar-refractivity contribution is -0.178. The maximum absolute atomic E-state index is 11.0. The Kier molecular flexibility index (Phi) is 3.28. The molecule has 96 valence electrons. The zero-order chi connectivity index (χ0) is 13.3. The van der Waals surface area contributed by atoms with Crippen LogP contribution < -0.4 is 0 Å². The average Bonchev–Trinajstić information content (AvgIpc) is 2.21. The molecule has 0 saturated carbocycles. The number of carbonyl (C=O) groups is 2. The van der Waals surface area contributed by atoms with Crippen molar-refractivity contribution in [3.63, 3.8) is 0 Å². The number of halogens is 1. The molecule has 1 aromatic rings. The second-order valence-electron chi connectivity index (χ2n) is 4.47. The minimum Gasteiger partial charge on any atom is -0.480 e. The number of benzene rings is 1. The molecule has 0 atom stereocenters. The standard InChI is InChI=1S/C12H12ClNO4/c13-9-3-1-2-8(4-9)5-14-6-12(7-14,10(15)16)11(17)18/h1-4H,5-7H2,(H,15,16)(H,17,18). The largest absolute Gasteiger partial charge is 0.480 e. The van der Waals surface area contributed by atoms with E-state index >= 15 is 0 Å². The highest BCUT2D eigenvalue weighted by molar-refractivity contribution is 6.30. The summed E-state index contributed by atoms with van der Waals surface area (Å²) in [4.78, 5) is 23.7. The van der Waals surface area contributed by atoms with Crippen molar-refractivity contribution in [1.29, 1.82) is 0 Å². The maximum atomic E-state index is 11.0. The van der Waals surface area contributed by atoms with Crippen molar-refractivity contribution in [2.75, 3.05) is 13.1 Å². The van der Waals surface area contributed by atoms with Gasteiger partial charge in [-0.05, 0) is 17.7 Å². The third kappa shape index (κ3) is 2.19. The Morgan fingerprint density at radius 1 is 1.28 bits per heavy atom. The summed E-state index contributed by atoms with van der Waals surface area (Å²) in [5.74, 6) is -2.56. The predicted molar refractivity (Wildman–Crippen MR) is 64.4 cm³/mol. The van der Waals surface area contributed by atoms with Crippen LogP contribution >= 0.6 is 11.6 Å².